The molecular weight excluding hydrogens is 238 g/mol. The summed E-state index contributed by atoms with van der Waals surface area (Å²) in [7, 11) is -3.36. The second-order valence-electron chi connectivity index (χ2n) is 4.53. The van der Waals surface area contributed by atoms with Crippen molar-refractivity contribution in [2.24, 2.45) is 0 Å². The lowest BCUT2D eigenvalue weighted by atomic mass is 10.2. The van der Waals surface area contributed by atoms with E-state index in [0.29, 0.717) is 0 Å². The second kappa shape index (κ2) is 6.19. The van der Waals surface area contributed by atoms with Crippen LogP contribution in [-0.4, -0.2) is 31.4 Å². The van der Waals surface area contributed by atoms with Crippen molar-refractivity contribution in [3.05, 3.63) is 12.2 Å². The number of allylic oxidation sites excluding steroid dienone is 1. The second-order valence-corrected chi connectivity index (χ2v) is 6.90. The fraction of sp³-hybridized carbons (Fsp3) is 0.750. The first-order valence-corrected chi connectivity index (χ1v) is 7.82. The van der Waals surface area contributed by atoms with Crippen molar-refractivity contribution < 1.29 is 13.2 Å². The van der Waals surface area contributed by atoms with E-state index in [1.165, 1.54) is 6.92 Å². The molecule has 1 atom stereocenters. The lowest BCUT2D eigenvalue weighted by molar-refractivity contribution is -0.121. The molecule has 17 heavy (non-hydrogen) atoms. The van der Waals surface area contributed by atoms with Gasteiger partial charge in [-0.25, -0.2) is 8.42 Å². The van der Waals surface area contributed by atoms with Gasteiger partial charge in [0.05, 0.1) is 5.75 Å². The minimum Gasteiger partial charge on any atom is -0.352 e. The Kier molecular flexibility index (Phi) is 5.18. The largest absolute Gasteiger partial charge is 0.352 e. The molecule has 1 rings (SSSR count). The third-order valence-corrected chi connectivity index (χ3v) is 5.12. The fourth-order valence-corrected chi connectivity index (χ4v) is 3.07. The maximum atomic E-state index is 11.8. The SMILES string of the molecule is C/C=C\CS(=O)(=O)[C@H](C)C(=O)NC1CCCC1. The summed E-state index contributed by atoms with van der Waals surface area (Å²) in [6, 6.07) is 0.168. The van der Waals surface area contributed by atoms with E-state index >= 15 is 0 Å². The number of amides is 1. The first-order chi connectivity index (χ1) is 7.97. The van der Waals surface area contributed by atoms with Crippen molar-refractivity contribution in [3.8, 4) is 0 Å². The molecule has 5 heteroatoms. The van der Waals surface area contributed by atoms with Crippen molar-refractivity contribution in [3.63, 3.8) is 0 Å². The Hall–Kier alpha value is -0.840. The fourth-order valence-electron chi connectivity index (χ4n) is 1.93. The summed E-state index contributed by atoms with van der Waals surface area (Å²) in [5.74, 6) is -0.427. The summed E-state index contributed by atoms with van der Waals surface area (Å²) < 4.78 is 23.6. The van der Waals surface area contributed by atoms with Crippen molar-refractivity contribution in [1.29, 1.82) is 0 Å². The van der Waals surface area contributed by atoms with E-state index in [0.717, 1.165) is 25.7 Å². The van der Waals surface area contributed by atoms with Crippen LogP contribution in [0.5, 0.6) is 0 Å². The third-order valence-electron chi connectivity index (χ3n) is 3.17. The highest BCUT2D eigenvalue weighted by atomic mass is 32.2. The molecule has 0 saturated heterocycles. The van der Waals surface area contributed by atoms with Crippen LogP contribution in [0.25, 0.3) is 0 Å². The number of rotatable bonds is 5. The molecule has 0 bridgehead atoms. The number of hydrogen-bond acceptors (Lipinski definition) is 3. The Morgan fingerprint density at radius 2 is 2.00 bits per heavy atom. The van der Waals surface area contributed by atoms with Gasteiger partial charge >= 0.3 is 0 Å². The molecule has 0 aromatic heterocycles. The Bertz CT molecular complexity index is 381. The van der Waals surface area contributed by atoms with Crippen LogP contribution in [0.3, 0.4) is 0 Å². The van der Waals surface area contributed by atoms with Crippen LogP contribution in [0.1, 0.15) is 39.5 Å². The van der Waals surface area contributed by atoms with Crippen LogP contribution >= 0.6 is 0 Å². The highest BCUT2D eigenvalue weighted by Crippen LogP contribution is 2.18. The maximum Gasteiger partial charge on any atom is 0.238 e. The first-order valence-electron chi connectivity index (χ1n) is 6.10. The van der Waals surface area contributed by atoms with Crippen molar-refractivity contribution >= 4 is 15.7 Å². The van der Waals surface area contributed by atoms with Gasteiger partial charge in [-0.05, 0) is 26.7 Å². The molecule has 1 amide bonds. The van der Waals surface area contributed by atoms with Crippen LogP contribution in [0.4, 0.5) is 0 Å². The standard InChI is InChI=1S/C12H21NO3S/c1-3-4-9-17(15,16)10(2)12(14)13-11-7-5-6-8-11/h3-4,10-11H,5-9H2,1-2H3,(H,13,14)/b4-3-/t10-/m1/s1. The molecule has 0 unspecified atom stereocenters. The normalized spacial score (nSPS) is 19.6. The average Bonchev–Trinajstić information content (AvgIpc) is 2.78. The zero-order chi connectivity index (χ0) is 12.9. The van der Waals surface area contributed by atoms with Crippen LogP contribution in [0.15, 0.2) is 12.2 Å². The quantitative estimate of drug-likeness (QED) is 0.760. The van der Waals surface area contributed by atoms with E-state index in [1.54, 1.807) is 19.1 Å². The molecule has 0 aromatic rings. The molecule has 1 aliphatic rings. The van der Waals surface area contributed by atoms with Crippen LogP contribution in [0.2, 0.25) is 0 Å². The monoisotopic (exact) mass is 259 g/mol. The number of sulfone groups is 1. The molecule has 1 N–H and O–H groups in total. The van der Waals surface area contributed by atoms with Crippen LogP contribution in [0, 0.1) is 0 Å². The lowest BCUT2D eigenvalue weighted by Crippen LogP contribution is -2.42. The number of carbonyl (C=O) groups is 1. The van der Waals surface area contributed by atoms with Gasteiger partial charge < -0.3 is 5.32 Å². The van der Waals surface area contributed by atoms with Gasteiger partial charge in [0.1, 0.15) is 5.25 Å². The molecule has 4 nitrogen and oxygen atoms in total. The molecule has 98 valence electrons. The molecule has 1 aliphatic carbocycles. The van der Waals surface area contributed by atoms with E-state index in [-0.39, 0.29) is 17.7 Å². The minimum absolute atomic E-state index is 0.0667. The summed E-state index contributed by atoms with van der Waals surface area (Å²) in [4.78, 5) is 11.8. The summed E-state index contributed by atoms with van der Waals surface area (Å²) >= 11 is 0. The Balaban J connectivity index is 2.55. The van der Waals surface area contributed by atoms with Gasteiger partial charge in [-0.2, -0.15) is 0 Å². The first kappa shape index (κ1) is 14.2. The van der Waals surface area contributed by atoms with E-state index in [1.807, 2.05) is 0 Å². The van der Waals surface area contributed by atoms with Gasteiger partial charge in [0.2, 0.25) is 5.91 Å². The number of nitrogens with one attached hydrogen (secondary N) is 1. The predicted octanol–water partition coefficient (Wildman–Crippen LogP) is 1.42. The summed E-state index contributed by atoms with van der Waals surface area (Å²) in [6.07, 6.45) is 7.41. The summed E-state index contributed by atoms with van der Waals surface area (Å²) in [6.45, 7) is 3.22. The van der Waals surface area contributed by atoms with Crippen LogP contribution in [-0.2, 0) is 14.6 Å². The summed E-state index contributed by atoms with van der Waals surface area (Å²) in [5.41, 5.74) is 0. The van der Waals surface area contributed by atoms with Crippen molar-refractivity contribution in [1.82, 2.24) is 5.32 Å². The molecule has 0 aliphatic heterocycles. The maximum absolute atomic E-state index is 11.8. The van der Waals surface area contributed by atoms with Gasteiger partial charge in [0.15, 0.2) is 9.84 Å². The molecule has 1 fully saturated rings. The average molecular weight is 259 g/mol. The van der Waals surface area contributed by atoms with Crippen molar-refractivity contribution in [2.75, 3.05) is 5.75 Å². The number of hydrogen-bond donors (Lipinski definition) is 1. The zero-order valence-electron chi connectivity index (χ0n) is 10.5. The molecular formula is C12H21NO3S. The number of carbonyl (C=O) groups excluding carboxylic acids is 1. The van der Waals surface area contributed by atoms with Crippen LogP contribution < -0.4 is 5.32 Å². The summed E-state index contributed by atoms with van der Waals surface area (Å²) in [5, 5.41) is 1.86. The van der Waals surface area contributed by atoms with Crippen molar-refractivity contribution in [2.45, 2.75) is 50.8 Å². The van der Waals surface area contributed by atoms with Gasteiger partial charge in [0, 0.05) is 6.04 Å². The van der Waals surface area contributed by atoms with E-state index in [4.69, 9.17) is 0 Å². The van der Waals surface area contributed by atoms with E-state index < -0.39 is 15.1 Å². The Morgan fingerprint density at radius 3 is 2.53 bits per heavy atom. The molecule has 1 saturated carbocycles. The van der Waals surface area contributed by atoms with Gasteiger partial charge in [0.25, 0.3) is 0 Å². The third kappa shape index (κ3) is 4.15. The predicted molar refractivity (Wildman–Crippen MR) is 68.5 cm³/mol. The van der Waals surface area contributed by atoms with Gasteiger partial charge in [-0.15, -0.1) is 0 Å². The molecule has 0 heterocycles. The Labute approximate surface area is 103 Å². The minimum atomic E-state index is -3.36. The van der Waals surface area contributed by atoms with Gasteiger partial charge in [-0.1, -0.05) is 25.0 Å². The van der Waals surface area contributed by atoms with E-state index in [2.05, 4.69) is 5.32 Å². The lowest BCUT2D eigenvalue weighted by Gasteiger charge is -2.16. The highest BCUT2D eigenvalue weighted by Gasteiger charge is 2.28. The smallest absolute Gasteiger partial charge is 0.238 e. The van der Waals surface area contributed by atoms with E-state index in [9.17, 15) is 13.2 Å². The zero-order valence-corrected chi connectivity index (χ0v) is 11.3. The molecule has 0 radical (unpaired) electrons. The molecule has 0 spiro atoms. The topological polar surface area (TPSA) is 63.2 Å². The Morgan fingerprint density at radius 1 is 1.41 bits per heavy atom. The van der Waals surface area contributed by atoms with Gasteiger partial charge in [-0.3, -0.25) is 4.79 Å². The molecule has 0 aromatic carbocycles. The highest BCUT2D eigenvalue weighted by molar-refractivity contribution is 7.92.